The number of ether oxygens (including phenoxy) is 1. The van der Waals surface area contributed by atoms with E-state index in [1.165, 1.54) is 32.1 Å². The average molecular weight is 140 g/mol. The normalized spacial score (nSPS) is 30.7. The topological polar surface area (TPSA) is 9.23 Å². The second-order valence-electron chi connectivity index (χ2n) is 2.84. The first kappa shape index (κ1) is 7.80. The van der Waals surface area contributed by atoms with Crippen LogP contribution in [-0.2, 0) is 4.74 Å². The third kappa shape index (κ3) is 2.53. The van der Waals surface area contributed by atoms with Gasteiger partial charge in [-0.1, -0.05) is 12.2 Å². The molecule has 0 N–H and O–H groups in total. The van der Waals surface area contributed by atoms with Gasteiger partial charge in [0.1, 0.15) is 0 Å². The predicted octanol–water partition coefficient (Wildman–Crippen LogP) is 2.52. The molecule has 58 valence electrons. The molecule has 0 aromatic rings. The van der Waals surface area contributed by atoms with Crippen molar-refractivity contribution < 1.29 is 4.74 Å². The summed E-state index contributed by atoms with van der Waals surface area (Å²) >= 11 is 0. The summed E-state index contributed by atoms with van der Waals surface area (Å²) < 4.78 is 5.29. The smallest absolute Gasteiger partial charge is 0.0574 e. The highest BCUT2D eigenvalue weighted by Crippen LogP contribution is 2.13. The van der Waals surface area contributed by atoms with Gasteiger partial charge in [-0.05, 0) is 32.1 Å². The molecule has 0 saturated heterocycles. The van der Waals surface area contributed by atoms with E-state index in [0.717, 1.165) is 0 Å². The molecule has 0 spiro atoms. The Bertz CT molecular complexity index is 107. The molecule has 0 aromatic heterocycles. The molecular weight excluding hydrogens is 124 g/mol. The van der Waals surface area contributed by atoms with Gasteiger partial charge in [0.05, 0.1) is 6.10 Å². The van der Waals surface area contributed by atoms with E-state index in [1.54, 1.807) is 0 Å². The molecule has 1 nitrogen and oxygen atoms in total. The van der Waals surface area contributed by atoms with Crippen molar-refractivity contribution in [2.45, 2.75) is 38.2 Å². The Morgan fingerprint density at radius 2 is 2.00 bits per heavy atom. The second-order valence-corrected chi connectivity index (χ2v) is 2.84. The monoisotopic (exact) mass is 140 g/mol. The summed E-state index contributed by atoms with van der Waals surface area (Å²) in [4.78, 5) is 0. The maximum atomic E-state index is 5.29. The van der Waals surface area contributed by atoms with Crippen LogP contribution in [0.5, 0.6) is 0 Å². The first-order valence-corrected chi connectivity index (χ1v) is 4.11. The number of allylic oxidation sites excluding steroid dienone is 2. The van der Waals surface area contributed by atoms with Crippen LogP contribution >= 0.6 is 0 Å². The van der Waals surface area contributed by atoms with Gasteiger partial charge >= 0.3 is 0 Å². The van der Waals surface area contributed by atoms with Gasteiger partial charge < -0.3 is 4.74 Å². The zero-order valence-electron chi connectivity index (χ0n) is 6.68. The second kappa shape index (κ2) is 4.51. The average Bonchev–Trinajstić information content (AvgIpc) is 1.87. The minimum Gasteiger partial charge on any atom is -0.381 e. The Balaban J connectivity index is 2.27. The molecule has 0 bridgehead atoms. The summed E-state index contributed by atoms with van der Waals surface area (Å²) in [6.45, 7) is 0. The van der Waals surface area contributed by atoms with Crippen molar-refractivity contribution in [1.82, 2.24) is 0 Å². The zero-order chi connectivity index (χ0) is 7.23. The van der Waals surface area contributed by atoms with Crippen LogP contribution in [0, 0.1) is 0 Å². The molecule has 1 heteroatoms. The van der Waals surface area contributed by atoms with E-state index in [2.05, 4.69) is 12.2 Å². The molecule has 0 amide bonds. The summed E-state index contributed by atoms with van der Waals surface area (Å²) in [7, 11) is 1.82. The number of rotatable bonds is 1. The van der Waals surface area contributed by atoms with E-state index in [4.69, 9.17) is 4.74 Å². The third-order valence-electron chi connectivity index (χ3n) is 2.05. The summed E-state index contributed by atoms with van der Waals surface area (Å²) in [5, 5.41) is 0. The highest BCUT2D eigenvalue weighted by Gasteiger charge is 2.06. The van der Waals surface area contributed by atoms with Gasteiger partial charge in [0.15, 0.2) is 0 Å². The van der Waals surface area contributed by atoms with E-state index < -0.39 is 0 Å². The zero-order valence-corrected chi connectivity index (χ0v) is 6.68. The predicted molar refractivity (Wildman–Crippen MR) is 43.0 cm³/mol. The van der Waals surface area contributed by atoms with E-state index in [9.17, 15) is 0 Å². The molecule has 0 fully saturated rings. The fourth-order valence-corrected chi connectivity index (χ4v) is 1.36. The van der Waals surface area contributed by atoms with Crippen molar-refractivity contribution in [2.24, 2.45) is 0 Å². The van der Waals surface area contributed by atoms with Crippen LogP contribution < -0.4 is 0 Å². The molecule has 1 aliphatic carbocycles. The molecular formula is C9H16O. The summed E-state index contributed by atoms with van der Waals surface area (Å²) in [6.07, 6.45) is 11.2. The highest BCUT2D eigenvalue weighted by molar-refractivity contribution is 4.85. The Labute approximate surface area is 63.1 Å². The van der Waals surface area contributed by atoms with Crippen LogP contribution in [0.4, 0.5) is 0 Å². The highest BCUT2D eigenvalue weighted by atomic mass is 16.5. The van der Waals surface area contributed by atoms with E-state index in [1.807, 2.05) is 7.11 Å². The Morgan fingerprint density at radius 1 is 1.20 bits per heavy atom. The number of hydrogen-bond donors (Lipinski definition) is 0. The molecule has 0 saturated carbocycles. The van der Waals surface area contributed by atoms with Gasteiger partial charge in [0.25, 0.3) is 0 Å². The van der Waals surface area contributed by atoms with Crippen molar-refractivity contribution >= 4 is 0 Å². The largest absolute Gasteiger partial charge is 0.381 e. The van der Waals surface area contributed by atoms with Crippen molar-refractivity contribution in [3.8, 4) is 0 Å². The van der Waals surface area contributed by atoms with Crippen LogP contribution in [0.1, 0.15) is 32.1 Å². The van der Waals surface area contributed by atoms with Gasteiger partial charge in [-0.15, -0.1) is 0 Å². The fraction of sp³-hybridized carbons (Fsp3) is 0.778. The molecule has 0 aromatic carbocycles. The molecule has 1 unspecified atom stereocenters. The van der Waals surface area contributed by atoms with Crippen molar-refractivity contribution in [2.75, 3.05) is 7.11 Å². The van der Waals surface area contributed by atoms with Gasteiger partial charge in [-0.2, -0.15) is 0 Å². The van der Waals surface area contributed by atoms with E-state index >= 15 is 0 Å². The lowest BCUT2D eigenvalue weighted by molar-refractivity contribution is 0.0864. The molecule has 0 radical (unpaired) electrons. The summed E-state index contributed by atoms with van der Waals surface area (Å²) in [6, 6.07) is 0. The van der Waals surface area contributed by atoms with Crippen molar-refractivity contribution in [3.63, 3.8) is 0 Å². The van der Waals surface area contributed by atoms with Gasteiger partial charge in [-0.25, -0.2) is 0 Å². The number of hydrogen-bond acceptors (Lipinski definition) is 1. The quantitative estimate of drug-likeness (QED) is 0.508. The first-order valence-electron chi connectivity index (χ1n) is 4.11. The lowest BCUT2D eigenvalue weighted by atomic mass is 10.0. The Hall–Kier alpha value is -0.300. The van der Waals surface area contributed by atoms with Crippen LogP contribution in [0.2, 0.25) is 0 Å². The maximum Gasteiger partial charge on any atom is 0.0574 e. The van der Waals surface area contributed by atoms with Crippen LogP contribution in [-0.4, -0.2) is 13.2 Å². The van der Waals surface area contributed by atoms with Gasteiger partial charge in [0.2, 0.25) is 0 Å². The van der Waals surface area contributed by atoms with Crippen molar-refractivity contribution in [1.29, 1.82) is 0 Å². The molecule has 0 aliphatic heterocycles. The van der Waals surface area contributed by atoms with Gasteiger partial charge in [-0.3, -0.25) is 0 Å². The summed E-state index contributed by atoms with van der Waals surface area (Å²) in [5.41, 5.74) is 0. The van der Waals surface area contributed by atoms with E-state index in [-0.39, 0.29) is 0 Å². The molecule has 0 heterocycles. The van der Waals surface area contributed by atoms with Crippen LogP contribution in [0.3, 0.4) is 0 Å². The van der Waals surface area contributed by atoms with Crippen LogP contribution in [0.15, 0.2) is 12.2 Å². The summed E-state index contributed by atoms with van der Waals surface area (Å²) in [5.74, 6) is 0. The lowest BCUT2D eigenvalue weighted by Gasteiger charge is -2.14. The lowest BCUT2D eigenvalue weighted by Crippen LogP contribution is -2.10. The van der Waals surface area contributed by atoms with Crippen LogP contribution in [0.25, 0.3) is 0 Å². The number of methoxy groups -OCH3 is 1. The molecule has 1 aliphatic rings. The van der Waals surface area contributed by atoms with Crippen molar-refractivity contribution in [3.05, 3.63) is 12.2 Å². The minimum absolute atomic E-state index is 0.518. The fourth-order valence-electron chi connectivity index (χ4n) is 1.36. The molecule has 10 heavy (non-hydrogen) atoms. The molecule has 1 atom stereocenters. The Morgan fingerprint density at radius 3 is 2.80 bits per heavy atom. The third-order valence-corrected chi connectivity index (χ3v) is 2.05. The first-order chi connectivity index (χ1) is 4.93. The molecule has 1 rings (SSSR count). The SMILES string of the molecule is COC1CC/C=C/CCC1. The Kier molecular flexibility index (Phi) is 3.52. The van der Waals surface area contributed by atoms with Gasteiger partial charge in [0, 0.05) is 7.11 Å². The minimum atomic E-state index is 0.518. The standard InChI is InChI=1S/C9H16O/c1-10-9-7-5-3-2-4-6-8-9/h2-3,9H,4-8H2,1H3/b3-2+. The van der Waals surface area contributed by atoms with E-state index in [0.29, 0.717) is 6.10 Å². The maximum absolute atomic E-state index is 5.29.